The maximum Gasteiger partial charge on any atom is 0.270 e. The number of anilines is 1. The Morgan fingerprint density at radius 3 is 2.79 bits per heavy atom. The van der Waals surface area contributed by atoms with Crippen LogP contribution in [0.1, 0.15) is 5.56 Å². The highest BCUT2D eigenvalue weighted by atomic mass is 35.5. The number of pyridine rings is 1. The van der Waals surface area contributed by atoms with Crippen molar-refractivity contribution in [1.82, 2.24) is 4.98 Å². The van der Waals surface area contributed by atoms with Gasteiger partial charge in [0, 0.05) is 23.1 Å². The van der Waals surface area contributed by atoms with Crippen LogP contribution >= 0.6 is 35.6 Å². The van der Waals surface area contributed by atoms with Crippen LogP contribution in [0.3, 0.4) is 0 Å². The molecule has 1 saturated heterocycles. The Morgan fingerprint density at radius 1 is 1.21 bits per heavy atom. The lowest BCUT2D eigenvalue weighted by atomic mass is 10.1. The number of thioether (sulfide) groups is 1. The Balaban J connectivity index is 1.54. The first-order valence-electron chi connectivity index (χ1n) is 8.46. The maximum absolute atomic E-state index is 12.9. The van der Waals surface area contributed by atoms with Gasteiger partial charge < -0.3 is 14.6 Å². The van der Waals surface area contributed by atoms with Crippen LogP contribution in [-0.4, -0.2) is 27.1 Å². The molecule has 1 fully saturated rings. The average molecular weight is 443 g/mol. The van der Waals surface area contributed by atoms with Crippen molar-refractivity contribution in [2.24, 2.45) is 0 Å². The summed E-state index contributed by atoms with van der Waals surface area (Å²) in [5.74, 6) is 1.04. The lowest BCUT2D eigenvalue weighted by Crippen LogP contribution is -2.27. The summed E-state index contributed by atoms with van der Waals surface area (Å²) < 4.78 is 11.2. The summed E-state index contributed by atoms with van der Waals surface area (Å²) in [4.78, 5) is 19.1. The Labute approximate surface area is 179 Å². The molecule has 1 N–H and O–H groups in total. The molecule has 2 aliphatic heterocycles. The van der Waals surface area contributed by atoms with Crippen LogP contribution in [0.2, 0.25) is 5.15 Å². The van der Waals surface area contributed by atoms with E-state index in [2.05, 4.69) is 4.98 Å². The molecule has 0 aliphatic carbocycles. The van der Waals surface area contributed by atoms with Gasteiger partial charge in [0.25, 0.3) is 5.91 Å². The van der Waals surface area contributed by atoms with Gasteiger partial charge in [0.1, 0.15) is 10.9 Å². The summed E-state index contributed by atoms with van der Waals surface area (Å²) in [6.45, 7) is 0.170. The fraction of sp³-hybridized carbons (Fsp3) is 0.0500. The van der Waals surface area contributed by atoms with Crippen molar-refractivity contribution in [3.05, 3.63) is 58.1 Å². The van der Waals surface area contributed by atoms with E-state index in [4.69, 9.17) is 33.3 Å². The number of halogens is 1. The van der Waals surface area contributed by atoms with Crippen LogP contribution in [0.15, 0.2) is 47.4 Å². The number of aromatic hydroxyl groups is 1. The molecule has 0 atom stereocenters. The van der Waals surface area contributed by atoms with Crippen molar-refractivity contribution in [2.45, 2.75) is 0 Å². The molecule has 0 bridgehead atoms. The summed E-state index contributed by atoms with van der Waals surface area (Å²) in [6.07, 6.45) is 1.67. The number of hydrogen-bond donors (Lipinski definition) is 1. The second kappa shape index (κ2) is 6.91. The van der Waals surface area contributed by atoms with Crippen LogP contribution in [0.5, 0.6) is 17.2 Å². The highest BCUT2D eigenvalue weighted by Gasteiger charge is 2.33. The molecule has 5 rings (SSSR count). The number of thiocarbonyl (C=S) groups is 1. The van der Waals surface area contributed by atoms with Crippen LogP contribution in [0, 0.1) is 0 Å². The topological polar surface area (TPSA) is 71.9 Å². The summed E-state index contributed by atoms with van der Waals surface area (Å²) in [5, 5.41) is 10.8. The zero-order chi connectivity index (χ0) is 20.1. The molecule has 2 aromatic carbocycles. The minimum atomic E-state index is -0.285. The molecule has 3 heterocycles. The Bertz CT molecular complexity index is 1240. The standard InChI is InChI=1S/C20H11ClN2O4S2/c21-18-11(4-10-5-15-16(27-9-26-15)8-14(10)22-18)6-17-19(25)23(20(28)29-17)12-2-1-3-13(24)7-12/h1-8,24H,9H2/b17-6+. The molecule has 9 heteroatoms. The number of carbonyl (C=O) groups excluding carboxylic acids is 1. The average Bonchev–Trinajstić information content (AvgIpc) is 3.24. The second-order valence-corrected chi connectivity index (χ2v) is 8.34. The third kappa shape index (κ3) is 3.19. The first-order chi connectivity index (χ1) is 14.0. The number of ether oxygens (including phenoxy) is 2. The molecule has 1 amide bonds. The SMILES string of the molecule is O=C1/C(=C\c2cc3cc4c(cc3nc2Cl)OCO4)SC(=S)N1c1cccc(O)c1. The molecule has 144 valence electrons. The molecule has 1 aromatic heterocycles. The van der Waals surface area contributed by atoms with E-state index in [-0.39, 0.29) is 23.6 Å². The van der Waals surface area contributed by atoms with E-state index in [1.54, 1.807) is 24.3 Å². The molecule has 0 radical (unpaired) electrons. The van der Waals surface area contributed by atoms with Gasteiger partial charge in [-0.3, -0.25) is 9.69 Å². The summed E-state index contributed by atoms with van der Waals surface area (Å²) in [7, 11) is 0. The van der Waals surface area contributed by atoms with Crippen LogP contribution in [0.25, 0.3) is 17.0 Å². The number of hydrogen-bond acceptors (Lipinski definition) is 7. The number of phenolic OH excluding ortho intramolecular Hbond substituents is 1. The molecule has 29 heavy (non-hydrogen) atoms. The maximum atomic E-state index is 12.9. The van der Waals surface area contributed by atoms with Gasteiger partial charge >= 0.3 is 0 Å². The zero-order valence-electron chi connectivity index (χ0n) is 14.6. The number of amides is 1. The third-order valence-corrected chi connectivity index (χ3v) is 6.06. The minimum absolute atomic E-state index is 0.0565. The molecule has 0 unspecified atom stereocenters. The summed E-state index contributed by atoms with van der Waals surface area (Å²) in [6, 6.07) is 11.8. The van der Waals surface area contributed by atoms with E-state index in [9.17, 15) is 9.90 Å². The van der Waals surface area contributed by atoms with Gasteiger partial charge in [0.2, 0.25) is 6.79 Å². The fourth-order valence-electron chi connectivity index (χ4n) is 3.12. The van der Waals surface area contributed by atoms with E-state index in [1.165, 1.54) is 28.8 Å². The van der Waals surface area contributed by atoms with E-state index in [1.807, 2.05) is 12.1 Å². The Kier molecular flexibility index (Phi) is 4.34. The van der Waals surface area contributed by atoms with Gasteiger partial charge in [0.15, 0.2) is 15.8 Å². The smallest absolute Gasteiger partial charge is 0.270 e. The number of fused-ring (bicyclic) bond motifs is 2. The van der Waals surface area contributed by atoms with E-state index >= 15 is 0 Å². The monoisotopic (exact) mass is 442 g/mol. The minimum Gasteiger partial charge on any atom is -0.508 e. The highest BCUT2D eigenvalue weighted by Crippen LogP contribution is 2.39. The van der Waals surface area contributed by atoms with E-state index in [0.717, 1.165) is 5.39 Å². The first-order valence-corrected chi connectivity index (χ1v) is 10.1. The molecular weight excluding hydrogens is 432 g/mol. The zero-order valence-corrected chi connectivity index (χ0v) is 17.0. The quantitative estimate of drug-likeness (QED) is 0.349. The van der Waals surface area contributed by atoms with Gasteiger partial charge in [-0.05, 0) is 30.3 Å². The van der Waals surface area contributed by atoms with E-state index < -0.39 is 0 Å². The molecule has 3 aromatic rings. The summed E-state index contributed by atoms with van der Waals surface area (Å²) in [5.41, 5.74) is 1.77. The van der Waals surface area contributed by atoms with E-state index in [0.29, 0.717) is 37.5 Å². The summed E-state index contributed by atoms with van der Waals surface area (Å²) >= 11 is 12.9. The Hall–Kier alpha value is -2.81. The second-order valence-electron chi connectivity index (χ2n) is 6.30. The van der Waals surface area contributed by atoms with Crippen molar-refractivity contribution in [2.75, 3.05) is 11.7 Å². The van der Waals surface area contributed by atoms with Gasteiger partial charge in [-0.15, -0.1) is 0 Å². The third-order valence-electron chi connectivity index (χ3n) is 4.46. The van der Waals surface area contributed by atoms with Gasteiger partial charge in [0.05, 0.1) is 16.1 Å². The number of aromatic nitrogens is 1. The van der Waals surface area contributed by atoms with Crippen LogP contribution in [0.4, 0.5) is 5.69 Å². The molecule has 0 spiro atoms. The van der Waals surface area contributed by atoms with Crippen molar-refractivity contribution < 1.29 is 19.4 Å². The van der Waals surface area contributed by atoms with Crippen molar-refractivity contribution >= 4 is 68.5 Å². The Morgan fingerprint density at radius 2 is 2.00 bits per heavy atom. The largest absolute Gasteiger partial charge is 0.508 e. The van der Waals surface area contributed by atoms with Crippen molar-refractivity contribution in [3.8, 4) is 17.2 Å². The number of benzene rings is 2. The van der Waals surface area contributed by atoms with Crippen LogP contribution < -0.4 is 14.4 Å². The molecular formula is C20H11ClN2O4S2. The number of rotatable bonds is 2. The number of nitrogens with zero attached hydrogens (tertiary/aromatic N) is 2. The number of carbonyl (C=O) groups is 1. The fourth-order valence-corrected chi connectivity index (χ4v) is 4.61. The first kappa shape index (κ1) is 18.2. The van der Waals surface area contributed by atoms with Crippen molar-refractivity contribution in [1.29, 1.82) is 0 Å². The lowest BCUT2D eigenvalue weighted by Gasteiger charge is -2.14. The predicted octanol–water partition coefficient (Wildman–Crippen LogP) is 4.73. The normalized spacial score (nSPS) is 17.0. The van der Waals surface area contributed by atoms with Gasteiger partial charge in [-0.25, -0.2) is 4.98 Å². The molecule has 2 aliphatic rings. The molecule has 6 nitrogen and oxygen atoms in total. The van der Waals surface area contributed by atoms with Gasteiger partial charge in [-0.2, -0.15) is 0 Å². The lowest BCUT2D eigenvalue weighted by molar-refractivity contribution is -0.113. The predicted molar refractivity (Wildman–Crippen MR) is 117 cm³/mol. The van der Waals surface area contributed by atoms with Crippen molar-refractivity contribution in [3.63, 3.8) is 0 Å². The van der Waals surface area contributed by atoms with Gasteiger partial charge in [-0.1, -0.05) is 41.6 Å². The number of phenols is 1. The highest BCUT2D eigenvalue weighted by molar-refractivity contribution is 8.27. The molecule has 0 saturated carbocycles. The van der Waals surface area contributed by atoms with Crippen LogP contribution in [-0.2, 0) is 4.79 Å².